The van der Waals surface area contributed by atoms with Gasteiger partial charge in [-0.1, -0.05) is 0 Å². The van der Waals surface area contributed by atoms with Gasteiger partial charge in [-0.15, -0.1) is 0 Å². The summed E-state index contributed by atoms with van der Waals surface area (Å²) in [6.45, 7) is 0. The molecule has 0 aromatic rings. The number of hydrogen-bond donors (Lipinski definition) is 1. The smallest absolute Gasteiger partial charge is 0.324 e. The predicted molar refractivity (Wildman–Crippen MR) is 60.1 cm³/mol. The first-order chi connectivity index (χ1) is 8.67. The lowest BCUT2D eigenvalue weighted by Crippen LogP contribution is -2.38. The molecule has 5 unspecified atom stereocenters. The van der Waals surface area contributed by atoms with Gasteiger partial charge in [0, 0.05) is 11.8 Å². The molecule has 5 atom stereocenters. The fourth-order valence-corrected chi connectivity index (χ4v) is 5.63. The van der Waals surface area contributed by atoms with Crippen molar-refractivity contribution in [2.75, 3.05) is 5.75 Å². The molecule has 19 heavy (non-hydrogen) atoms. The molecule has 3 fully saturated rings. The van der Waals surface area contributed by atoms with E-state index in [1.165, 1.54) is 0 Å². The lowest BCUT2D eigenvalue weighted by atomic mass is 9.94. The predicted octanol–water partition coefficient (Wildman–Crippen LogP) is -1.08. The van der Waals surface area contributed by atoms with Gasteiger partial charge in [-0.05, 0) is 12.8 Å². The van der Waals surface area contributed by atoms with Crippen molar-refractivity contribution in [1.82, 2.24) is 0 Å². The molecule has 0 spiro atoms. The third kappa shape index (κ3) is 2.16. The largest absolute Gasteiger partial charge is 0.458 e. The summed E-state index contributed by atoms with van der Waals surface area (Å²) in [5.41, 5.74) is 0. The Hall–Kier alpha value is -0.710. The Kier molecular flexibility index (Phi) is 2.73. The number of hydrogen-bond acceptors (Lipinski definition) is 7. The van der Waals surface area contributed by atoms with Gasteiger partial charge in [0.05, 0.1) is 5.25 Å². The molecule has 1 aliphatic heterocycles. The lowest BCUT2D eigenvalue weighted by Gasteiger charge is -2.24. The summed E-state index contributed by atoms with van der Waals surface area (Å²) < 4.78 is 62.9. The normalized spacial score (nSPS) is 42.5. The van der Waals surface area contributed by atoms with Crippen molar-refractivity contribution in [2.24, 2.45) is 11.8 Å². The van der Waals surface area contributed by atoms with Gasteiger partial charge in [-0.3, -0.25) is 13.5 Å². The van der Waals surface area contributed by atoms with Crippen LogP contribution in [0.1, 0.15) is 12.8 Å². The highest BCUT2D eigenvalue weighted by Crippen LogP contribution is 2.55. The SMILES string of the molecule is O=C(CS(=O)(=O)O)OC1C2CC3C1OS(=O)(=O)C3C2. The van der Waals surface area contributed by atoms with Crippen molar-refractivity contribution in [3.8, 4) is 0 Å². The third-order valence-corrected chi connectivity index (χ3v) is 6.36. The van der Waals surface area contributed by atoms with E-state index in [0.29, 0.717) is 12.8 Å². The molecule has 2 aliphatic carbocycles. The van der Waals surface area contributed by atoms with Crippen LogP contribution in [0.25, 0.3) is 0 Å². The molecule has 3 aliphatic rings. The lowest BCUT2D eigenvalue weighted by molar-refractivity contribution is -0.152. The molecule has 0 aromatic heterocycles. The third-order valence-electron chi connectivity index (χ3n) is 3.98. The van der Waals surface area contributed by atoms with Gasteiger partial charge in [0.2, 0.25) is 0 Å². The minimum atomic E-state index is -4.45. The van der Waals surface area contributed by atoms with E-state index in [4.69, 9.17) is 13.5 Å². The Morgan fingerprint density at radius 2 is 2.05 bits per heavy atom. The second-order valence-electron chi connectivity index (χ2n) is 5.17. The van der Waals surface area contributed by atoms with E-state index in [1.807, 2.05) is 0 Å². The van der Waals surface area contributed by atoms with Gasteiger partial charge in [-0.2, -0.15) is 16.8 Å². The number of rotatable bonds is 3. The summed E-state index contributed by atoms with van der Waals surface area (Å²) in [6.07, 6.45) is -0.488. The maximum absolute atomic E-state index is 11.6. The number of carbonyl (C=O) groups is 1. The van der Waals surface area contributed by atoms with Crippen molar-refractivity contribution in [1.29, 1.82) is 0 Å². The second-order valence-corrected chi connectivity index (χ2v) is 8.40. The van der Waals surface area contributed by atoms with Gasteiger partial charge in [-0.25, -0.2) is 0 Å². The Labute approximate surface area is 109 Å². The number of ether oxygens (including phenoxy) is 1. The first kappa shape index (κ1) is 13.3. The standard InChI is InChI=1S/C9H12O8S2/c10-7(3-18(11,12)13)16-8-4-1-5-6(2-4)19(14,15)17-9(5)8/h4-6,8-9H,1-3H2,(H,11,12,13). The highest BCUT2D eigenvalue weighted by atomic mass is 32.2. The van der Waals surface area contributed by atoms with E-state index in [9.17, 15) is 21.6 Å². The van der Waals surface area contributed by atoms with Gasteiger partial charge in [0.1, 0.15) is 12.2 Å². The molecule has 3 rings (SSSR count). The Morgan fingerprint density at radius 1 is 1.37 bits per heavy atom. The average Bonchev–Trinajstić information content (AvgIpc) is 2.78. The van der Waals surface area contributed by atoms with Crippen molar-refractivity contribution >= 4 is 26.2 Å². The van der Waals surface area contributed by atoms with Crippen LogP contribution in [0.5, 0.6) is 0 Å². The molecule has 2 saturated carbocycles. The summed E-state index contributed by atoms with van der Waals surface area (Å²) in [5.74, 6) is -2.53. The van der Waals surface area contributed by atoms with Crippen LogP contribution < -0.4 is 0 Å². The van der Waals surface area contributed by atoms with Crippen LogP contribution >= 0.6 is 0 Å². The molecule has 1 N–H and O–H groups in total. The summed E-state index contributed by atoms with van der Waals surface area (Å²) >= 11 is 0. The van der Waals surface area contributed by atoms with E-state index in [1.54, 1.807) is 0 Å². The molecule has 2 bridgehead atoms. The van der Waals surface area contributed by atoms with Gasteiger partial charge in [0.25, 0.3) is 20.2 Å². The topological polar surface area (TPSA) is 124 Å². The minimum absolute atomic E-state index is 0.123. The van der Waals surface area contributed by atoms with Crippen LogP contribution in [-0.2, 0) is 34.0 Å². The molecule has 0 radical (unpaired) electrons. The van der Waals surface area contributed by atoms with Crippen molar-refractivity contribution in [3.05, 3.63) is 0 Å². The van der Waals surface area contributed by atoms with E-state index < -0.39 is 49.4 Å². The molecular formula is C9H12O8S2. The molecule has 10 heteroatoms. The van der Waals surface area contributed by atoms with Crippen LogP contribution in [0.4, 0.5) is 0 Å². The molecule has 1 heterocycles. The van der Waals surface area contributed by atoms with Crippen LogP contribution in [-0.4, -0.2) is 50.6 Å². The maximum Gasteiger partial charge on any atom is 0.324 e. The maximum atomic E-state index is 11.6. The zero-order valence-electron chi connectivity index (χ0n) is 9.63. The molecule has 8 nitrogen and oxygen atoms in total. The van der Waals surface area contributed by atoms with Crippen LogP contribution in [0, 0.1) is 11.8 Å². The molecule has 1 saturated heterocycles. The van der Waals surface area contributed by atoms with Crippen LogP contribution in [0.15, 0.2) is 0 Å². The van der Waals surface area contributed by atoms with Crippen molar-refractivity contribution < 1.29 is 35.1 Å². The van der Waals surface area contributed by atoms with Crippen molar-refractivity contribution in [3.63, 3.8) is 0 Å². The summed E-state index contributed by atoms with van der Waals surface area (Å²) in [5, 5.41) is -0.529. The number of fused-ring (bicyclic) bond motifs is 1. The molecular weight excluding hydrogens is 300 g/mol. The van der Waals surface area contributed by atoms with Gasteiger partial charge >= 0.3 is 5.97 Å². The highest BCUT2D eigenvalue weighted by molar-refractivity contribution is 7.87. The number of esters is 1. The van der Waals surface area contributed by atoms with E-state index in [-0.39, 0.29) is 11.8 Å². The Morgan fingerprint density at radius 3 is 2.68 bits per heavy atom. The van der Waals surface area contributed by atoms with E-state index in [2.05, 4.69) is 0 Å². The highest BCUT2D eigenvalue weighted by Gasteiger charge is 2.65. The van der Waals surface area contributed by atoms with Crippen molar-refractivity contribution in [2.45, 2.75) is 30.3 Å². The fourth-order valence-electron chi connectivity index (χ4n) is 3.38. The molecule has 0 aromatic carbocycles. The summed E-state index contributed by atoms with van der Waals surface area (Å²) in [4.78, 5) is 11.4. The first-order valence-electron chi connectivity index (χ1n) is 5.74. The zero-order valence-corrected chi connectivity index (χ0v) is 11.3. The molecule has 0 amide bonds. The second kappa shape index (κ2) is 3.90. The zero-order chi connectivity index (χ0) is 14.0. The Bertz CT molecular complexity index is 621. The van der Waals surface area contributed by atoms with Crippen LogP contribution in [0.2, 0.25) is 0 Å². The number of carbonyl (C=O) groups excluding carboxylic acids is 1. The summed E-state index contributed by atoms with van der Waals surface area (Å²) in [6, 6.07) is 0. The first-order valence-corrected chi connectivity index (χ1v) is 8.82. The van der Waals surface area contributed by atoms with E-state index >= 15 is 0 Å². The average molecular weight is 312 g/mol. The summed E-state index contributed by atoms with van der Waals surface area (Å²) in [7, 11) is -8.04. The van der Waals surface area contributed by atoms with Crippen LogP contribution in [0.3, 0.4) is 0 Å². The molecule has 108 valence electrons. The monoisotopic (exact) mass is 312 g/mol. The van der Waals surface area contributed by atoms with E-state index in [0.717, 1.165) is 0 Å². The van der Waals surface area contributed by atoms with Gasteiger partial charge < -0.3 is 4.74 Å². The minimum Gasteiger partial charge on any atom is -0.458 e. The quantitative estimate of drug-likeness (QED) is 0.396. The fraction of sp³-hybridized carbons (Fsp3) is 0.889. The Balaban J connectivity index is 1.74. The van der Waals surface area contributed by atoms with Gasteiger partial charge in [0.15, 0.2) is 5.75 Å².